The van der Waals surface area contributed by atoms with Gasteiger partial charge in [0.25, 0.3) is 0 Å². The minimum absolute atomic E-state index is 0.0587. The maximum absolute atomic E-state index is 12.3. The van der Waals surface area contributed by atoms with Gasteiger partial charge in [-0.3, -0.25) is 4.79 Å². The number of carbonyl (C=O) groups excluding carboxylic acids is 1. The molecule has 130 valence electrons. The Bertz CT molecular complexity index is 892. The normalized spacial score (nSPS) is 11.5. The van der Waals surface area contributed by atoms with Crippen LogP contribution in [-0.2, 0) is 11.3 Å². The third kappa shape index (κ3) is 4.25. The molecule has 0 aliphatic rings. The van der Waals surface area contributed by atoms with Crippen LogP contribution in [0.5, 0.6) is 5.75 Å². The van der Waals surface area contributed by atoms with Crippen molar-refractivity contribution in [2.24, 2.45) is 0 Å². The number of halogens is 3. The summed E-state index contributed by atoms with van der Waals surface area (Å²) in [4.78, 5) is 12.2. The fourth-order valence-corrected chi connectivity index (χ4v) is 2.22. The Labute approximate surface area is 140 Å². The first kappa shape index (κ1) is 16.7. The summed E-state index contributed by atoms with van der Waals surface area (Å²) in [6.45, 7) is -1.57. The first-order valence-corrected chi connectivity index (χ1v) is 7.29. The van der Waals surface area contributed by atoms with Crippen LogP contribution in [0.4, 0.5) is 18.9 Å². The molecule has 9 heteroatoms. The van der Waals surface area contributed by atoms with Crippen LogP contribution < -0.4 is 10.1 Å². The zero-order chi connectivity index (χ0) is 17.9. The molecule has 1 amide bonds. The number of aromatic nitrogens is 3. The van der Waals surface area contributed by atoms with Crippen LogP contribution in [0, 0.1) is 0 Å². The van der Waals surface area contributed by atoms with Crippen LogP contribution in [0.1, 0.15) is 0 Å². The average Bonchev–Trinajstić information content (AvgIpc) is 2.96. The second kappa shape index (κ2) is 6.80. The molecule has 0 aliphatic heterocycles. The van der Waals surface area contributed by atoms with Crippen molar-refractivity contribution in [3.05, 3.63) is 48.5 Å². The molecule has 0 radical (unpaired) electrons. The van der Waals surface area contributed by atoms with Gasteiger partial charge in [-0.25, -0.2) is 4.68 Å². The van der Waals surface area contributed by atoms with Crippen LogP contribution in [0.15, 0.2) is 48.5 Å². The highest BCUT2D eigenvalue weighted by Crippen LogP contribution is 2.26. The number of para-hydroxylation sites is 3. The summed E-state index contributed by atoms with van der Waals surface area (Å²) in [5.41, 5.74) is 1.48. The van der Waals surface area contributed by atoms with Crippen molar-refractivity contribution in [3.8, 4) is 5.75 Å². The van der Waals surface area contributed by atoms with Gasteiger partial charge in [0.1, 0.15) is 17.8 Å². The number of hydrogen-bond donors (Lipinski definition) is 1. The summed E-state index contributed by atoms with van der Waals surface area (Å²) in [5, 5.41) is 10.4. The third-order valence-electron chi connectivity index (χ3n) is 3.27. The number of anilines is 1. The topological polar surface area (TPSA) is 69.0 Å². The Kier molecular flexibility index (Phi) is 4.55. The van der Waals surface area contributed by atoms with Crippen LogP contribution >= 0.6 is 0 Å². The summed E-state index contributed by atoms with van der Waals surface area (Å²) in [7, 11) is 0. The molecular formula is C16H13F3N4O2. The molecule has 1 aromatic heterocycles. The van der Waals surface area contributed by atoms with Crippen molar-refractivity contribution in [2.75, 3.05) is 11.9 Å². The molecule has 1 heterocycles. The SMILES string of the molecule is O=C(Cn1nnc2ccccc21)Nc1ccccc1OCC(F)(F)F. The van der Waals surface area contributed by atoms with E-state index in [1.54, 1.807) is 30.3 Å². The third-order valence-corrected chi connectivity index (χ3v) is 3.27. The highest BCUT2D eigenvalue weighted by molar-refractivity contribution is 5.92. The number of nitrogens with zero attached hydrogens (tertiary/aromatic N) is 3. The summed E-state index contributed by atoms with van der Waals surface area (Å²) in [6.07, 6.45) is -4.46. The number of fused-ring (bicyclic) bond motifs is 1. The Morgan fingerprint density at radius 1 is 1.12 bits per heavy atom. The average molecular weight is 350 g/mol. The van der Waals surface area contributed by atoms with E-state index in [1.165, 1.54) is 22.9 Å². The predicted molar refractivity (Wildman–Crippen MR) is 84.1 cm³/mol. The van der Waals surface area contributed by atoms with Crippen LogP contribution in [-0.4, -0.2) is 33.7 Å². The van der Waals surface area contributed by atoms with Gasteiger partial charge in [0, 0.05) is 0 Å². The number of amides is 1. The zero-order valence-corrected chi connectivity index (χ0v) is 12.8. The Morgan fingerprint density at radius 2 is 1.84 bits per heavy atom. The maximum atomic E-state index is 12.3. The number of carbonyl (C=O) groups is 1. The van der Waals surface area contributed by atoms with E-state index in [0.29, 0.717) is 11.0 Å². The fraction of sp³-hybridized carbons (Fsp3) is 0.188. The maximum Gasteiger partial charge on any atom is 0.422 e. The number of nitrogens with one attached hydrogen (secondary N) is 1. The van der Waals surface area contributed by atoms with E-state index in [1.807, 2.05) is 0 Å². The minimum Gasteiger partial charge on any atom is -0.482 e. The minimum atomic E-state index is -4.46. The van der Waals surface area contributed by atoms with E-state index in [-0.39, 0.29) is 18.0 Å². The van der Waals surface area contributed by atoms with Crippen molar-refractivity contribution < 1.29 is 22.7 Å². The molecular weight excluding hydrogens is 337 g/mol. The summed E-state index contributed by atoms with van der Waals surface area (Å²) in [6, 6.07) is 13.0. The monoisotopic (exact) mass is 350 g/mol. The fourth-order valence-electron chi connectivity index (χ4n) is 2.22. The lowest BCUT2D eigenvalue weighted by Crippen LogP contribution is -2.22. The molecule has 1 N–H and O–H groups in total. The molecule has 3 rings (SSSR count). The van der Waals surface area contributed by atoms with E-state index in [4.69, 9.17) is 4.74 Å². The standard InChI is InChI=1S/C16H13F3N4O2/c17-16(18,19)10-25-14-8-4-2-6-12(14)20-15(24)9-23-13-7-3-1-5-11(13)21-22-23/h1-8H,9-10H2,(H,20,24). The second-order valence-corrected chi connectivity index (χ2v) is 5.18. The first-order chi connectivity index (χ1) is 11.9. The van der Waals surface area contributed by atoms with Gasteiger partial charge in [0.05, 0.1) is 11.2 Å². The Morgan fingerprint density at radius 3 is 2.64 bits per heavy atom. The lowest BCUT2D eigenvalue weighted by atomic mass is 10.3. The smallest absolute Gasteiger partial charge is 0.422 e. The molecule has 2 aromatic carbocycles. The van der Waals surface area contributed by atoms with E-state index >= 15 is 0 Å². The quantitative estimate of drug-likeness (QED) is 0.768. The van der Waals surface area contributed by atoms with E-state index in [2.05, 4.69) is 15.6 Å². The van der Waals surface area contributed by atoms with Gasteiger partial charge in [0.15, 0.2) is 6.61 Å². The van der Waals surface area contributed by atoms with E-state index < -0.39 is 18.7 Å². The molecule has 0 fully saturated rings. The number of benzene rings is 2. The summed E-state index contributed by atoms with van der Waals surface area (Å²) >= 11 is 0. The molecule has 0 saturated carbocycles. The summed E-state index contributed by atoms with van der Waals surface area (Å²) in [5.74, 6) is -0.518. The van der Waals surface area contributed by atoms with Gasteiger partial charge in [-0.15, -0.1) is 5.10 Å². The lowest BCUT2D eigenvalue weighted by Gasteiger charge is -2.13. The van der Waals surface area contributed by atoms with Crippen LogP contribution in [0.3, 0.4) is 0 Å². The molecule has 0 saturated heterocycles. The van der Waals surface area contributed by atoms with Crippen molar-refractivity contribution in [1.29, 1.82) is 0 Å². The van der Waals surface area contributed by atoms with Gasteiger partial charge < -0.3 is 10.1 Å². The molecule has 3 aromatic rings. The molecule has 0 spiro atoms. The van der Waals surface area contributed by atoms with Crippen molar-refractivity contribution in [3.63, 3.8) is 0 Å². The number of alkyl halides is 3. The molecule has 25 heavy (non-hydrogen) atoms. The molecule has 6 nitrogen and oxygen atoms in total. The van der Waals surface area contributed by atoms with Crippen molar-refractivity contribution in [2.45, 2.75) is 12.7 Å². The Balaban J connectivity index is 1.71. The zero-order valence-electron chi connectivity index (χ0n) is 12.8. The number of rotatable bonds is 5. The van der Waals surface area contributed by atoms with Crippen molar-refractivity contribution in [1.82, 2.24) is 15.0 Å². The van der Waals surface area contributed by atoms with Gasteiger partial charge in [-0.1, -0.05) is 29.5 Å². The lowest BCUT2D eigenvalue weighted by molar-refractivity contribution is -0.153. The Hall–Kier alpha value is -3.10. The molecule has 0 aliphatic carbocycles. The highest BCUT2D eigenvalue weighted by atomic mass is 19.4. The summed E-state index contributed by atoms with van der Waals surface area (Å²) < 4.78 is 43.1. The molecule has 0 bridgehead atoms. The highest BCUT2D eigenvalue weighted by Gasteiger charge is 2.28. The molecule has 0 atom stereocenters. The first-order valence-electron chi connectivity index (χ1n) is 7.29. The largest absolute Gasteiger partial charge is 0.482 e. The van der Waals surface area contributed by atoms with Crippen LogP contribution in [0.25, 0.3) is 11.0 Å². The van der Waals surface area contributed by atoms with Crippen molar-refractivity contribution >= 4 is 22.6 Å². The number of hydrogen-bond acceptors (Lipinski definition) is 4. The van der Waals surface area contributed by atoms with Gasteiger partial charge in [0.2, 0.25) is 5.91 Å². The number of ether oxygens (including phenoxy) is 1. The van der Waals surface area contributed by atoms with E-state index in [9.17, 15) is 18.0 Å². The molecule has 0 unspecified atom stereocenters. The van der Waals surface area contributed by atoms with Gasteiger partial charge >= 0.3 is 6.18 Å². The second-order valence-electron chi connectivity index (χ2n) is 5.18. The predicted octanol–water partition coefficient (Wildman–Crippen LogP) is 3.01. The van der Waals surface area contributed by atoms with Gasteiger partial charge in [-0.05, 0) is 24.3 Å². The van der Waals surface area contributed by atoms with E-state index in [0.717, 1.165) is 0 Å². The van der Waals surface area contributed by atoms with Gasteiger partial charge in [-0.2, -0.15) is 13.2 Å². The van der Waals surface area contributed by atoms with Crippen LogP contribution in [0.2, 0.25) is 0 Å².